The average molecular weight is 348 g/mol. The lowest BCUT2D eigenvalue weighted by atomic mass is 10.1. The van der Waals surface area contributed by atoms with Crippen molar-refractivity contribution in [2.75, 3.05) is 26.2 Å². The number of guanidine groups is 1. The van der Waals surface area contributed by atoms with E-state index in [0.717, 1.165) is 17.9 Å². The number of rotatable bonds is 9. The predicted octanol–water partition coefficient (Wildman–Crippen LogP) is 2.47. The number of carbonyl (C=O) groups excluding carboxylic acids is 1. The number of likely N-dealkylation sites (N-methyl/N-ethyl adjacent to an activating group) is 1. The van der Waals surface area contributed by atoms with Gasteiger partial charge in [-0.05, 0) is 44.4 Å². The molecule has 0 heterocycles. The Hall–Kier alpha value is -2.24. The van der Waals surface area contributed by atoms with Gasteiger partial charge in [0.25, 0.3) is 0 Å². The Morgan fingerprint density at radius 3 is 2.28 bits per heavy atom. The number of carbonyl (C=O) groups is 1. The fourth-order valence-corrected chi connectivity index (χ4v) is 2.13. The van der Waals surface area contributed by atoms with Gasteiger partial charge < -0.3 is 20.7 Å². The van der Waals surface area contributed by atoms with E-state index in [9.17, 15) is 4.79 Å². The Labute approximate surface area is 151 Å². The number of nitrogens with one attached hydrogen (secondary N) is 3. The fraction of sp³-hybridized carbons (Fsp3) is 0.579. The largest absolute Gasteiger partial charge is 0.493 e. The quantitative estimate of drug-likeness (QED) is 0.473. The maximum absolute atomic E-state index is 11.6. The highest BCUT2D eigenvalue weighted by atomic mass is 16.5. The Morgan fingerprint density at radius 1 is 1.08 bits per heavy atom. The summed E-state index contributed by atoms with van der Waals surface area (Å²) in [6.07, 6.45) is 0. The molecule has 0 aliphatic rings. The van der Waals surface area contributed by atoms with Crippen LogP contribution in [0.4, 0.5) is 0 Å². The lowest BCUT2D eigenvalue weighted by molar-refractivity contribution is -0.119. The van der Waals surface area contributed by atoms with E-state index in [1.165, 1.54) is 0 Å². The van der Waals surface area contributed by atoms with E-state index < -0.39 is 0 Å². The number of hydrogen-bond acceptors (Lipinski definition) is 3. The van der Waals surface area contributed by atoms with E-state index in [2.05, 4.69) is 41.7 Å². The monoisotopic (exact) mass is 348 g/mol. The van der Waals surface area contributed by atoms with Crippen molar-refractivity contribution in [2.45, 2.75) is 40.7 Å². The molecule has 0 aliphatic carbocycles. The third-order valence-corrected chi connectivity index (χ3v) is 3.42. The van der Waals surface area contributed by atoms with Crippen molar-refractivity contribution in [1.29, 1.82) is 0 Å². The van der Waals surface area contributed by atoms with Crippen molar-refractivity contribution in [1.82, 2.24) is 16.0 Å². The summed E-state index contributed by atoms with van der Waals surface area (Å²) in [6.45, 7) is 12.4. The molecule has 0 saturated carbocycles. The lowest BCUT2D eigenvalue weighted by Gasteiger charge is -2.18. The van der Waals surface area contributed by atoms with E-state index in [-0.39, 0.29) is 18.5 Å². The van der Waals surface area contributed by atoms with Gasteiger partial charge in [0.05, 0.1) is 12.6 Å². The minimum atomic E-state index is -0.0842. The Kier molecular flexibility index (Phi) is 9.43. The summed E-state index contributed by atoms with van der Waals surface area (Å²) < 4.78 is 5.71. The van der Waals surface area contributed by atoms with Crippen molar-refractivity contribution >= 4 is 11.9 Å². The first kappa shape index (κ1) is 20.8. The SMILES string of the molecule is CCNC(=O)CN=C(NCC)NC(C)c1ccc(OCC(C)C)cc1. The third kappa shape index (κ3) is 8.42. The molecule has 1 unspecified atom stereocenters. The predicted molar refractivity (Wildman–Crippen MR) is 103 cm³/mol. The van der Waals surface area contributed by atoms with Gasteiger partial charge in [-0.1, -0.05) is 26.0 Å². The maximum Gasteiger partial charge on any atom is 0.241 e. The van der Waals surface area contributed by atoms with Gasteiger partial charge in [0.15, 0.2) is 5.96 Å². The van der Waals surface area contributed by atoms with Crippen molar-refractivity contribution in [3.63, 3.8) is 0 Å². The normalized spacial score (nSPS) is 12.6. The lowest BCUT2D eigenvalue weighted by Crippen LogP contribution is -2.39. The summed E-state index contributed by atoms with van der Waals surface area (Å²) >= 11 is 0. The molecule has 1 rings (SSSR count). The molecule has 0 spiro atoms. The van der Waals surface area contributed by atoms with Gasteiger partial charge in [-0.3, -0.25) is 4.79 Å². The number of aliphatic imine (C=N–C) groups is 1. The number of nitrogens with zero attached hydrogens (tertiary/aromatic N) is 1. The molecule has 0 radical (unpaired) electrons. The summed E-state index contributed by atoms with van der Waals surface area (Å²) in [5.74, 6) is 1.92. The van der Waals surface area contributed by atoms with Crippen molar-refractivity contribution in [3.05, 3.63) is 29.8 Å². The summed E-state index contributed by atoms with van der Waals surface area (Å²) in [7, 11) is 0. The van der Waals surface area contributed by atoms with Crippen molar-refractivity contribution in [3.8, 4) is 5.75 Å². The molecular formula is C19H32N4O2. The minimum absolute atomic E-state index is 0.0613. The van der Waals surface area contributed by atoms with Crippen LogP contribution in [0.2, 0.25) is 0 Å². The number of hydrogen-bond donors (Lipinski definition) is 3. The van der Waals surface area contributed by atoms with Gasteiger partial charge in [0.1, 0.15) is 12.3 Å². The summed E-state index contributed by atoms with van der Waals surface area (Å²) in [5.41, 5.74) is 1.13. The molecule has 1 amide bonds. The van der Waals surface area contributed by atoms with Crippen LogP contribution in [0, 0.1) is 5.92 Å². The van der Waals surface area contributed by atoms with Gasteiger partial charge in [-0.2, -0.15) is 0 Å². The van der Waals surface area contributed by atoms with Crippen LogP contribution in [-0.4, -0.2) is 38.1 Å². The second kappa shape index (κ2) is 11.3. The zero-order valence-corrected chi connectivity index (χ0v) is 16.1. The highest BCUT2D eigenvalue weighted by Crippen LogP contribution is 2.18. The van der Waals surface area contributed by atoms with Crippen molar-refractivity contribution in [2.24, 2.45) is 10.9 Å². The fourth-order valence-electron chi connectivity index (χ4n) is 2.13. The zero-order chi connectivity index (χ0) is 18.7. The molecule has 6 nitrogen and oxygen atoms in total. The Balaban J connectivity index is 2.65. The van der Waals surface area contributed by atoms with Crippen LogP contribution in [-0.2, 0) is 4.79 Å². The van der Waals surface area contributed by atoms with E-state index in [1.54, 1.807) is 0 Å². The van der Waals surface area contributed by atoms with Crippen LogP contribution in [0.3, 0.4) is 0 Å². The van der Waals surface area contributed by atoms with Crippen molar-refractivity contribution < 1.29 is 9.53 Å². The van der Waals surface area contributed by atoms with Crippen LogP contribution in [0.1, 0.15) is 46.2 Å². The van der Waals surface area contributed by atoms with Crippen LogP contribution in [0.25, 0.3) is 0 Å². The van der Waals surface area contributed by atoms with E-state index in [0.29, 0.717) is 25.0 Å². The second-order valence-electron chi connectivity index (χ2n) is 6.29. The molecule has 0 saturated heterocycles. The van der Waals surface area contributed by atoms with Gasteiger partial charge in [0, 0.05) is 13.1 Å². The van der Waals surface area contributed by atoms with E-state index in [1.807, 2.05) is 38.1 Å². The van der Waals surface area contributed by atoms with E-state index in [4.69, 9.17) is 4.74 Å². The molecule has 0 fully saturated rings. The zero-order valence-electron chi connectivity index (χ0n) is 16.1. The summed E-state index contributed by atoms with van der Waals surface area (Å²) in [6, 6.07) is 8.11. The maximum atomic E-state index is 11.6. The number of ether oxygens (including phenoxy) is 1. The van der Waals surface area contributed by atoms with Gasteiger partial charge >= 0.3 is 0 Å². The smallest absolute Gasteiger partial charge is 0.241 e. The molecule has 1 atom stereocenters. The second-order valence-corrected chi connectivity index (χ2v) is 6.29. The topological polar surface area (TPSA) is 74.8 Å². The van der Waals surface area contributed by atoms with Gasteiger partial charge in [-0.25, -0.2) is 4.99 Å². The summed E-state index contributed by atoms with van der Waals surface area (Å²) in [4.78, 5) is 15.9. The first-order valence-electron chi connectivity index (χ1n) is 9.00. The number of amides is 1. The standard InChI is InChI=1S/C19H32N4O2/c1-6-20-18(24)12-22-19(21-7-2)23-15(5)16-8-10-17(11-9-16)25-13-14(3)4/h8-11,14-15H,6-7,12-13H2,1-5H3,(H,20,24)(H2,21,22,23). The van der Waals surface area contributed by atoms with E-state index >= 15 is 0 Å². The Morgan fingerprint density at radius 2 is 1.72 bits per heavy atom. The molecule has 0 bridgehead atoms. The molecule has 0 aliphatic heterocycles. The minimum Gasteiger partial charge on any atom is -0.493 e. The third-order valence-electron chi connectivity index (χ3n) is 3.42. The highest BCUT2D eigenvalue weighted by molar-refractivity contribution is 5.85. The first-order valence-corrected chi connectivity index (χ1v) is 9.00. The van der Waals surface area contributed by atoms with Crippen LogP contribution >= 0.6 is 0 Å². The van der Waals surface area contributed by atoms with Gasteiger partial charge in [0.2, 0.25) is 5.91 Å². The molecule has 25 heavy (non-hydrogen) atoms. The van der Waals surface area contributed by atoms with Crippen LogP contribution in [0.5, 0.6) is 5.75 Å². The highest BCUT2D eigenvalue weighted by Gasteiger charge is 2.09. The first-order chi connectivity index (χ1) is 12.0. The molecule has 6 heteroatoms. The van der Waals surface area contributed by atoms with Crippen LogP contribution in [0.15, 0.2) is 29.3 Å². The van der Waals surface area contributed by atoms with Gasteiger partial charge in [-0.15, -0.1) is 0 Å². The summed E-state index contributed by atoms with van der Waals surface area (Å²) in [5, 5.41) is 9.22. The Bertz CT molecular complexity index is 541. The molecule has 140 valence electrons. The average Bonchev–Trinajstić information content (AvgIpc) is 2.58. The molecule has 3 N–H and O–H groups in total. The molecule has 0 aromatic heterocycles. The molecule has 1 aromatic carbocycles. The van der Waals surface area contributed by atoms with Crippen LogP contribution < -0.4 is 20.7 Å². The molecule has 1 aromatic rings. The molecular weight excluding hydrogens is 316 g/mol. The number of benzene rings is 1.